The zero-order valence-electron chi connectivity index (χ0n) is 10.1. The molecule has 0 saturated heterocycles. The predicted molar refractivity (Wildman–Crippen MR) is 84.4 cm³/mol. The number of rotatable bonds is 2. The fourth-order valence-electron chi connectivity index (χ4n) is 1.81. The molecule has 2 nitrogen and oxygen atoms in total. The Kier molecular flexibility index (Phi) is 3.70. The topological polar surface area (TPSA) is 26.0 Å². The molecule has 20 heavy (non-hydrogen) atoms. The first-order chi connectivity index (χ1) is 9.63. The van der Waals surface area contributed by atoms with E-state index in [1.807, 2.05) is 0 Å². The average molecular weight is 325 g/mol. The van der Waals surface area contributed by atoms with Crippen LogP contribution in [0.3, 0.4) is 0 Å². The van der Waals surface area contributed by atoms with Crippen molar-refractivity contribution in [2.24, 2.45) is 0 Å². The van der Waals surface area contributed by atoms with Crippen molar-refractivity contribution in [2.75, 3.05) is 0 Å². The van der Waals surface area contributed by atoms with Crippen LogP contribution in [0.4, 0.5) is 0 Å². The molecule has 0 amide bonds. The van der Waals surface area contributed by atoms with Crippen molar-refractivity contribution in [3.63, 3.8) is 0 Å². The van der Waals surface area contributed by atoms with E-state index in [1.54, 1.807) is 48.6 Å². The zero-order valence-corrected chi connectivity index (χ0v) is 12.4. The molecule has 0 unspecified atom stereocenters. The predicted octanol–water partition coefficient (Wildman–Crippen LogP) is 5.96. The number of fused-ring (bicyclic) bond motifs is 1. The van der Waals surface area contributed by atoms with Gasteiger partial charge in [-0.2, -0.15) is 0 Å². The minimum atomic E-state index is 0.471. The summed E-state index contributed by atoms with van der Waals surface area (Å²) in [6.45, 7) is 0. The van der Waals surface area contributed by atoms with Crippen molar-refractivity contribution in [1.29, 1.82) is 0 Å². The molecule has 0 aliphatic heterocycles. The first-order valence-corrected chi connectivity index (χ1v) is 6.95. The van der Waals surface area contributed by atoms with E-state index in [0.717, 1.165) is 5.56 Å². The number of benzene rings is 2. The van der Waals surface area contributed by atoms with Gasteiger partial charge in [0.15, 0.2) is 5.58 Å². The Labute approximate surface area is 130 Å². The summed E-state index contributed by atoms with van der Waals surface area (Å²) in [6.07, 6.45) is 3.50. The van der Waals surface area contributed by atoms with Gasteiger partial charge in [-0.3, -0.25) is 0 Å². The number of aromatic nitrogens is 1. The van der Waals surface area contributed by atoms with Gasteiger partial charge in [0, 0.05) is 26.7 Å². The molecule has 3 rings (SSSR count). The van der Waals surface area contributed by atoms with Crippen LogP contribution in [0.5, 0.6) is 0 Å². The van der Waals surface area contributed by atoms with Crippen LogP contribution in [0.15, 0.2) is 40.8 Å². The summed E-state index contributed by atoms with van der Waals surface area (Å²) in [7, 11) is 0. The molecule has 1 aromatic heterocycles. The van der Waals surface area contributed by atoms with Gasteiger partial charge in [-0.05, 0) is 36.4 Å². The molecule has 0 aliphatic rings. The molecule has 0 atom stereocenters. The molecular weight excluding hydrogens is 317 g/mol. The Morgan fingerprint density at radius 3 is 2.45 bits per heavy atom. The van der Waals surface area contributed by atoms with E-state index >= 15 is 0 Å². The smallest absolute Gasteiger partial charge is 0.220 e. The number of halogens is 3. The van der Waals surface area contributed by atoms with Gasteiger partial charge in [-0.25, -0.2) is 4.98 Å². The van der Waals surface area contributed by atoms with E-state index in [1.165, 1.54) is 0 Å². The Morgan fingerprint density at radius 2 is 1.70 bits per heavy atom. The molecule has 0 aliphatic carbocycles. The Bertz CT molecular complexity index is 788. The largest absolute Gasteiger partial charge is 0.437 e. The van der Waals surface area contributed by atoms with Crippen LogP contribution in [-0.2, 0) is 0 Å². The Hall–Kier alpha value is -1.48. The number of nitrogens with zero attached hydrogens (tertiary/aromatic N) is 1. The highest BCUT2D eigenvalue weighted by molar-refractivity contribution is 6.37. The number of oxazole rings is 1. The van der Waals surface area contributed by atoms with Gasteiger partial charge >= 0.3 is 0 Å². The Morgan fingerprint density at radius 1 is 0.950 bits per heavy atom. The van der Waals surface area contributed by atoms with Crippen LogP contribution in [0.25, 0.3) is 23.3 Å². The summed E-state index contributed by atoms with van der Waals surface area (Å²) < 4.78 is 5.58. The van der Waals surface area contributed by atoms with Gasteiger partial charge in [0.05, 0.1) is 0 Å². The van der Waals surface area contributed by atoms with Crippen LogP contribution in [0, 0.1) is 0 Å². The van der Waals surface area contributed by atoms with Crippen molar-refractivity contribution in [1.82, 2.24) is 4.98 Å². The highest BCUT2D eigenvalue weighted by Crippen LogP contribution is 2.27. The lowest BCUT2D eigenvalue weighted by Gasteiger charge is -1.99. The summed E-state index contributed by atoms with van der Waals surface area (Å²) in [5.74, 6) is 0.471. The van der Waals surface area contributed by atoms with Gasteiger partial charge in [-0.1, -0.05) is 40.9 Å². The quantitative estimate of drug-likeness (QED) is 0.581. The lowest BCUT2D eigenvalue weighted by Crippen LogP contribution is -1.77. The van der Waals surface area contributed by atoms with Gasteiger partial charge in [0.2, 0.25) is 5.89 Å². The van der Waals surface area contributed by atoms with E-state index in [-0.39, 0.29) is 0 Å². The summed E-state index contributed by atoms with van der Waals surface area (Å²) in [4.78, 5) is 4.32. The molecule has 0 fully saturated rings. The zero-order chi connectivity index (χ0) is 14.1. The first kappa shape index (κ1) is 13.5. The third-order valence-electron chi connectivity index (χ3n) is 2.76. The van der Waals surface area contributed by atoms with E-state index in [9.17, 15) is 0 Å². The minimum absolute atomic E-state index is 0.471. The normalized spacial score (nSPS) is 11.6. The second kappa shape index (κ2) is 5.49. The average Bonchev–Trinajstić information content (AvgIpc) is 2.80. The molecule has 100 valence electrons. The van der Waals surface area contributed by atoms with Gasteiger partial charge in [0.1, 0.15) is 5.52 Å². The minimum Gasteiger partial charge on any atom is -0.437 e. The van der Waals surface area contributed by atoms with Crippen LogP contribution < -0.4 is 0 Å². The maximum atomic E-state index is 6.09. The van der Waals surface area contributed by atoms with Crippen molar-refractivity contribution >= 4 is 58.1 Å². The number of hydrogen-bond acceptors (Lipinski definition) is 2. The van der Waals surface area contributed by atoms with Crippen LogP contribution in [-0.4, -0.2) is 4.98 Å². The molecular formula is C15H8Cl3NO. The third-order valence-corrected chi connectivity index (χ3v) is 3.65. The van der Waals surface area contributed by atoms with Crippen molar-refractivity contribution in [3.05, 3.63) is 62.9 Å². The molecule has 0 radical (unpaired) electrons. The first-order valence-electron chi connectivity index (χ1n) is 5.82. The monoisotopic (exact) mass is 323 g/mol. The maximum absolute atomic E-state index is 6.09. The van der Waals surface area contributed by atoms with E-state index in [4.69, 9.17) is 39.2 Å². The van der Waals surface area contributed by atoms with Crippen LogP contribution >= 0.6 is 34.8 Å². The summed E-state index contributed by atoms with van der Waals surface area (Å²) in [5, 5.41) is 1.77. The molecule has 2 aromatic carbocycles. The lowest BCUT2D eigenvalue weighted by atomic mass is 10.2. The lowest BCUT2D eigenvalue weighted by molar-refractivity contribution is 0.590. The van der Waals surface area contributed by atoms with Crippen molar-refractivity contribution < 1.29 is 4.42 Å². The molecule has 0 saturated carbocycles. The summed E-state index contributed by atoms with van der Waals surface area (Å²) >= 11 is 18.1. The SMILES string of the molecule is Clc1ccc2oc(/C=C/c3c(Cl)cccc3Cl)nc2c1. The Balaban J connectivity index is 1.98. The molecule has 0 N–H and O–H groups in total. The van der Waals surface area contributed by atoms with E-state index in [2.05, 4.69) is 4.98 Å². The molecule has 0 bridgehead atoms. The van der Waals surface area contributed by atoms with Crippen molar-refractivity contribution in [3.8, 4) is 0 Å². The third kappa shape index (κ3) is 2.68. The fourth-order valence-corrected chi connectivity index (χ4v) is 2.50. The second-order valence-corrected chi connectivity index (χ2v) is 5.38. The molecule has 3 aromatic rings. The van der Waals surface area contributed by atoms with Gasteiger partial charge in [-0.15, -0.1) is 0 Å². The maximum Gasteiger partial charge on any atom is 0.220 e. The fraction of sp³-hybridized carbons (Fsp3) is 0. The summed E-state index contributed by atoms with van der Waals surface area (Å²) in [6, 6.07) is 10.6. The highest BCUT2D eigenvalue weighted by Gasteiger charge is 2.05. The van der Waals surface area contributed by atoms with Crippen LogP contribution in [0.1, 0.15) is 11.5 Å². The number of hydrogen-bond donors (Lipinski definition) is 0. The van der Waals surface area contributed by atoms with Crippen molar-refractivity contribution in [2.45, 2.75) is 0 Å². The van der Waals surface area contributed by atoms with Gasteiger partial charge < -0.3 is 4.42 Å². The summed E-state index contributed by atoms with van der Waals surface area (Å²) in [5.41, 5.74) is 2.12. The van der Waals surface area contributed by atoms with E-state index < -0.39 is 0 Å². The standard InChI is InChI=1S/C15H8Cl3NO/c16-9-4-6-14-13(8-9)19-15(20-14)7-5-10-11(17)2-1-3-12(10)18/h1-8H/b7-5+. The second-order valence-electron chi connectivity index (χ2n) is 4.13. The van der Waals surface area contributed by atoms with Gasteiger partial charge in [0.25, 0.3) is 0 Å². The molecule has 5 heteroatoms. The van der Waals surface area contributed by atoms with E-state index in [0.29, 0.717) is 32.1 Å². The molecule has 1 heterocycles. The molecule has 0 spiro atoms. The highest BCUT2D eigenvalue weighted by atomic mass is 35.5. The van der Waals surface area contributed by atoms with Crippen LogP contribution in [0.2, 0.25) is 15.1 Å².